The second kappa shape index (κ2) is 4.54. The Morgan fingerprint density at radius 2 is 2.12 bits per heavy atom. The number of benzene rings is 1. The Morgan fingerprint density at radius 1 is 1.38 bits per heavy atom. The van der Waals surface area contributed by atoms with E-state index in [4.69, 9.17) is 4.74 Å². The normalized spacial score (nSPS) is 28.5. The first kappa shape index (κ1) is 11.0. The van der Waals surface area contributed by atoms with Crippen LogP contribution in [0.2, 0.25) is 0 Å². The Hall–Kier alpha value is -1.54. The lowest BCUT2D eigenvalue weighted by Crippen LogP contribution is -2.29. The van der Waals surface area contributed by atoms with Gasteiger partial charge in [0, 0.05) is 0 Å². The minimum Gasteiger partial charge on any atom is -0.493 e. The number of hydrogen-bond acceptors (Lipinski definition) is 2. The summed E-state index contributed by atoms with van der Waals surface area (Å²) >= 11 is 0. The van der Waals surface area contributed by atoms with Crippen LogP contribution in [0.4, 0.5) is 0 Å². The van der Waals surface area contributed by atoms with Gasteiger partial charge < -0.3 is 9.84 Å². The molecule has 1 aliphatic heterocycles. The Balaban J connectivity index is 2.09. The molecule has 0 saturated carbocycles. The van der Waals surface area contributed by atoms with Gasteiger partial charge in [-0.05, 0) is 24.6 Å². The predicted molar refractivity (Wildman–Crippen MR) is 64.7 cm³/mol. The summed E-state index contributed by atoms with van der Waals surface area (Å²) in [6, 6.07) is 10.1. The molecule has 0 aromatic heterocycles. The van der Waals surface area contributed by atoms with Crippen LogP contribution in [0, 0.1) is 5.41 Å². The molecular formula is C14H16O2. The summed E-state index contributed by atoms with van der Waals surface area (Å²) in [7, 11) is 0. The van der Waals surface area contributed by atoms with Gasteiger partial charge in [-0.15, -0.1) is 0 Å². The van der Waals surface area contributed by atoms with Crippen molar-refractivity contribution in [3.8, 4) is 0 Å². The predicted octanol–water partition coefficient (Wildman–Crippen LogP) is 2.61. The second-order valence-electron chi connectivity index (χ2n) is 4.29. The molecule has 0 spiro atoms. The highest BCUT2D eigenvalue weighted by molar-refractivity contribution is 5.49. The molecule has 2 heteroatoms. The van der Waals surface area contributed by atoms with E-state index in [9.17, 15) is 5.11 Å². The minimum atomic E-state index is -0.300. The summed E-state index contributed by atoms with van der Waals surface area (Å²) in [5, 5.41) is 9.33. The van der Waals surface area contributed by atoms with Crippen molar-refractivity contribution >= 4 is 6.08 Å². The zero-order valence-electron chi connectivity index (χ0n) is 9.34. The van der Waals surface area contributed by atoms with E-state index in [1.165, 1.54) is 0 Å². The molecule has 1 heterocycles. The van der Waals surface area contributed by atoms with Gasteiger partial charge in [-0.3, -0.25) is 0 Å². The summed E-state index contributed by atoms with van der Waals surface area (Å²) in [5.41, 5.74) is 0.837. The van der Waals surface area contributed by atoms with Gasteiger partial charge in [-0.25, -0.2) is 0 Å². The van der Waals surface area contributed by atoms with Crippen molar-refractivity contribution in [3.05, 3.63) is 54.3 Å². The molecule has 0 bridgehead atoms. The second-order valence-corrected chi connectivity index (χ2v) is 4.29. The van der Waals surface area contributed by atoms with E-state index < -0.39 is 0 Å². The highest BCUT2D eigenvalue weighted by Gasteiger charge is 2.34. The number of aliphatic hydroxyl groups excluding tert-OH is 1. The maximum Gasteiger partial charge on any atom is 0.127 e. The van der Waals surface area contributed by atoms with Crippen LogP contribution in [0.1, 0.15) is 12.5 Å². The Labute approximate surface area is 95.9 Å². The molecule has 0 aliphatic carbocycles. The molecule has 0 saturated heterocycles. The number of aliphatic hydroxyl groups is 1. The molecule has 1 N–H and O–H groups in total. The smallest absolute Gasteiger partial charge is 0.127 e. The van der Waals surface area contributed by atoms with Crippen LogP contribution in [0.3, 0.4) is 0 Å². The molecule has 2 atom stereocenters. The minimum absolute atomic E-state index is 0.0855. The molecular weight excluding hydrogens is 200 g/mol. The largest absolute Gasteiger partial charge is 0.493 e. The molecule has 0 radical (unpaired) electrons. The molecule has 16 heavy (non-hydrogen) atoms. The third kappa shape index (κ3) is 2.17. The molecule has 1 aliphatic rings. The van der Waals surface area contributed by atoms with Gasteiger partial charge in [0.1, 0.15) is 6.10 Å². The van der Waals surface area contributed by atoms with Gasteiger partial charge in [0.15, 0.2) is 0 Å². The van der Waals surface area contributed by atoms with Gasteiger partial charge in [-0.2, -0.15) is 0 Å². The fraction of sp³-hybridized carbons (Fsp3) is 0.286. The standard InChI is InChI=1S/C14H16O2/c1-14(11-15)9-10-16-13(14)8-7-12-5-3-2-4-6-12/h2-10,13,15H,11H2,1H3/b8-7-/t13-,14+/m0/s1. The van der Waals surface area contributed by atoms with Crippen molar-refractivity contribution in [1.82, 2.24) is 0 Å². The number of hydrogen-bond donors (Lipinski definition) is 1. The fourth-order valence-electron chi connectivity index (χ4n) is 1.70. The summed E-state index contributed by atoms with van der Waals surface area (Å²) in [4.78, 5) is 0. The van der Waals surface area contributed by atoms with E-state index in [0.717, 1.165) is 5.56 Å². The first-order valence-electron chi connectivity index (χ1n) is 5.42. The highest BCUT2D eigenvalue weighted by Crippen LogP contribution is 2.32. The van der Waals surface area contributed by atoms with Crippen molar-refractivity contribution in [3.63, 3.8) is 0 Å². The van der Waals surface area contributed by atoms with Crippen LogP contribution in [0.5, 0.6) is 0 Å². The van der Waals surface area contributed by atoms with Crippen molar-refractivity contribution < 1.29 is 9.84 Å². The fourth-order valence-corrected chi connectivity index (χ4v) is 1.70. The first-order chi connectivity index (χ1) is 7.74. The van der Waals surface area contributed by atoms with Crippen LogP contribution < -0.4 is 0 Å². The van der Waals surface area contributed by atoms with Crippen molar-refractivity contribution in [2.45, 2.75) is 13.0 Å². The van der Waals surface area contributed by atoms with Gasteiger partial charge in [0.05, 0.1) is 18.3 Å². The molecule has 0 unspecified atom stereocenters. The summed E-state index contributed by atoms with van der Waals surface area (Å²) < 4.78 is 5.45. The van der Waals surface area contributed by atoms with E-state index in [2.05, 4.69) is 0 Å². The number of rotatable bonds is 3. The SMILES string of the molecule is C[C@]1(CO)C=CO[C@H]1/C=C\c1ccccc1. The summed E-state index contributed by atoms with van der Waals surface area (Å²) in [6.07, 6.45) is 7.50. The van der Waals surface area contributed by atoms with E-state index in [1.54, 1.807) is 6.26 Å². The molecule has 2 rings (SSSR count). The van der Waals surface area contributed by atoms with Gasteiger partial charge in [0.2, 0.25) is 0 Å². The molecule has 2 nitrogen and oxygen atoms in total. The number of ether oxygens (including phenoxy) is 1. The van der Waals surface area contributed by atoms with Crippen LogP contribution >= 0.6 is 0 Å². The Morgan fingerprint density at radius 3 is 2.81 bits per heavy atom. The quantitative estimate of drug-likeness (QED) is 0.841. The zero-order valence-corrected chi connectivity index (χ0v) is 9.34. The van der Waals surface area contributed by atoms with Crippen molar-refractivity contribution in [1.29, 1.82) is 0 Å². The van der Waals surface area contributed by atoms with Gasteiger partial charge in [0.25, 0.3) is 0 Å². The Bertz CT molecular complexity index is 394. The molecule has 0 amide bonds. The van der Waals surface area contributed by atoms with Gasteiger partial charge in [-0.1, -0.05) is 36.4 Å². The molecule has 84 valence electrons. The van der Waals surface area contributed by atoms with E-state index in [-0.39, 0.29) is 18.1 Å². The molecule has 1 aromatic carbocycles. The van der Waals surface area contributed by atoms with Crippen molar-refractivity contribution in [2.24, 2.45) is 5.41 Å². The first-order valence-corrected chi connectivity index (χ1v) is 5.42. The monoisotopic (exact) mass is 216 g/mol. The maximum atomic E-state index is 9.33. The lowest BCUT2D eigenvalue weighted by atomic mass is 9.86. The molecule has 1 aromatic rings. The van der Waals surface area contributed by atoms with E-state index in [0.29, 0.717) is 0 Å². The van der Waals surface area contributed by atoms with Crippen LogP contribution in [-0.2, 0) is 4.74 Å². The van der Waals surface area contributed by atoms with Crippen LogP contribution in [0.25, 0.3) is 6.08 Å². The summed E-state index contributed by atoms with van der Waals surface area (Å²) in [5.74, 6) is 0. The average molecular weight is 216 g/mol. The average Bonchev–Trinajstić information content (AvgIpc) is 2.70. The third-order valence-electron chi connectivity index (χ3n) is 2.93. The lowest BCUT2D eigenvalue weighted by molar-refractivity contribution is 0.0770. The Kier molecular flexibility index (Phi) is 3.11. The maximum absolute atomic E-state index is 9.33. The third-order valence-corrected chi connectivity index (χ3v) is 2.93. The van der Waals surface area contributed by atoms with Crippen LogP contribution in [-0.4, -0.2) is 17.8 Å². The van der Waals surface area contributed by atoms with Crippen LogP contribution in [0.15, 0.2) is 48.7 Å². The topological polar surface area (TPSA) is 29.5 Å². The summed E-state index contributed by atoms with van der Waals surface area (Å²) in [6.45, 7) is 2.07. The molecule has 0 fully saturated rings. The zero-order chi connectivity index (χ0) is 11.4. The van der Waals surface area contributed by atoms with Crippen molar-refractivity contribution in [2.75, 3.05) is 6.61 Å². The highest BCUT2D eigenvalue weighted by atomic mass is 16.5. The van der Waals surface area contributed by atoms with Gasteiger partial charge >= 0.3 is 0 Å². The van der Waals surface area contributed by atoms with E-state index >= 15 is 0 Å². The van der Waals surface area contributed by atoms with E-state index in [1.807, 2.05) is 55.5 Å². The lowest BCUT2D eigenvalue weighted by Gasteiger charge is -2.24.